The third kappa shape index (κ3) is 3.56. The topological polar surface area (TPSA) is 33.1 Å². The lowest BCUT2D eigenvalue weighted by molar-refractivity contribution is 0.396. The third-order valence-corrected chi connectivity index (χ3v) is 3.36. The molecule has 0 unspecified atom stereocenters. The van der Waals surface area contributed by atoms with E-state index in [1.807, 2.05) is 0 Å². The molecular formula is C14H26N4. The van der Waals surface area contributed by atoms with Gasteiger partial charge < -0.3 is 10.2 Å². The van der Waals surface area contributed by atoms with Gasteiger partial charge >= 0.3 is 0 Å². The third-order valence-electron chi connectivity index (χ3n) is 3.36. The number of hydrogen-bond acceptors (Lipinski definition) is 3. The quantitative estimate of drug-likeness (QED) is 0.751. The van der Waals surface area contributed by atoms with E-state index in [9.17, 15) is 0 Å². The van der Waals surface area contributed by atoms with Crippen LogP contribution in [0.1, 0.15) is 50.0 Å². The Labute approximate surface area is 110 Å². The minimum absolute atomic E-state index is 0.447. The molecule has 0 aliphatic heterocycles. The van der Waals surface area contributed by atoms with E-state index in [2.05, 4.69) is 48.9 Å². The molecule has 2 rings (SSSR count). The summed E-state index contributed by atoms with van der Waals surface area (Å²) in [5.41, 5.74) is 2.62. The van der Waals surface area contributed by atoms with Crippen LogP contribution in [0.15, 0.2) is 6.07 Å². The molecule has 18 heavy (non-hydrogen) atoms. The Morgan fingerprint density at radius 2 is 2.17 bits per heavy atom. The number of rotatable bonds is 7. The van der Waals surface area contributed by atoms with Crippen molar-refractivity contribution >= 4 is 0 Å². The lowest BCUT2D eigenvalue weighted by Gasteiger charge is -2.13. The molecule has 1 fully saturated rings. The summed E-state index contributed by atoms with van der Waals surface area (Å²) in [6, 6.07) is 2.74. The first kappa shape index (κ1) is 13.6. The van der Waals surface area contributed by atoms with Crippen LogP contribution in [0.4, 0.5) is 0 Å². The van der Waals surface area contributed by atoms with E-state index in [1.165, 1.54) is 24.2 Å². The predicted octanol–water partition coefficient (Wildman–Crippen LogP) is 1.99. The first-order chi connectivity index (χ1) is 8.58. The van der Waals surface area contributed by atoms with Gasteiger partial charge in [0.05, 0.1) is 11.4 Å². The lowest BCUT2D eigenvalue weighted by Crippen LogP contribution is -2.27. The summed E-state index contributed by atoms with van der Waals surface area (Å²) < 4.78 is 2.18. The Hall–Kier alpha value is -0.870. The first-order valence-corrected chi connectivity index (χ1v) is 7.01. The molecule has 1 heterocycles. The van der Waals surface area contributed by atoms with E-state index >= 15 is 0 Å². The van der Waals surface area contributed by atoms with Crippen LogP contribution in [0.5, 0.6) is 0 Å². The monoisotopic (exact) mass is 250 g/mol. The molecule has 1 N–H and O–H groups in total. The SMILES string of the molecule is CC(C)n1nc(C2CC2)cc1CNCCN(C)C. The van der Waals surface area contributed by atoms with Crippen molar-refractivity contribution in [2.75, 3.05) is 27.2 Å². The van der Waals surface area contributed by atoms with Crippen LogP contribution < -0.4 is 5.32 Å². The molecule has 1 aliphatic carbocycles. The first-order valence-electron chi connectivity index (χ1n) is 7.01. The maximum Gasteiger partial charge on any atom is 0.0659 e. The standard InChI is InChI=1S/C14H26N4/c1-11(2)18-13(10-15-7-8-17(3)4)9-14(16-18)12-5-6-12/h9,11-12,15H,5-8,10H2,1-4H3. The lowest BCUT2D eigenvalue weighted by atomic mass is 10.2. The van der Waals surface area contributed by atoms with Gasteiger partial charge in [0.2, 0.25) is 0 Å². The summed E-state index contributed by atoms with van der Waals surface area (Å²) in [6.45, 7) is 7.42. The van der Waals surface area contributed by atoms with Gasteiger partial charge in [-0.05, 0) is 46.9 Å². The van der Waals surface area contributed by atoms with Crippen LogP contribution in [0, 0.1) is 0 Å². The number of hydrogen-bond donors (Lipinski definition) is 1. The normalized spacial score (nSPS) is 15.9. The second-order valence-electron chi connectivity index (χ2n) is 5.85. The van der Waals surface area contributed by atoms with Crippen LogP contribution in [-0.4, -0.2) is 41.9 Å². The highest BCUT2D eigenvalue weighted by Gasteiger charge is 2.27. The zero-order chi connectivity index (χ0) is 13.1. The van der Waals surface area contributed by atoms with Crippen molar-refractivity contribution in [2.24, 2.45) is 0 Å². The van der Waals surface area contributed by atoms with Crippen molar-refractivity contribution in [3.63, 3.8) is 0 Å². The number of nitrogens with one attached hydrogen (secondary N) is 1. The van der Waals surface area contributed by atoms with Gasteiger partial charge in [-0.25, -0.2) is 0 Å². The molecule has 0 atom stereocenters. The smallest absolute Gasteiger partial charge is 0.0659 e. The van der Waals surface area contributed by atoms with Gasteiger partial charge in [0.25, 0.3) is 0 Å². The van der Waals surface area contributed by atoms with Gasteiger partial charge in [-0.3, -0.25) is 4.68 Å². The molecule has 4 heteroatoms. The van der Waals surface area contributed by atoms with E-state index in [0.717, 1.165) is 25.6 Å². The minimum atomic E-state index is 0.447. The molecular weight excluding hydrogens is 224 g/mol. The summed E-state index contributed by atoms with van der Waals surface area (Å²) in [6.07, 6.45) is 2.64. The molecule has 4 nitrogen and oxygen atoms in total. The van der Waals surface area contributed by atoms with Crippen molar-refractivity contribution in [3.05, 3.63) is 17.5 Å². The van der Waals surface area contributed by atoms with Gasteiger partial charge in [-0.1, -0.05) is 0 Å². The van der Waals surface area contributed by atoms with Crippen LogP contribution in [0.3, 0.4) is 0 Å². The average molecular weight is 250 g/mol. The molecule has 0 bridgehead atoms. The molecule has 1 saturated carbocycles. The highest BCUT2D eigenvalue weighted by atomic mass is 15.3. The highest BCUT2D eigenvalue weighted by molar-refractivity contribution is 5.19. The molecule has 102 valence electrons. The summed E-state index contributed by atoms with van der Waals surface area (Å²) >= 11 is 0. The molecule has 0 saturated heterocycles. The molecule has 0 radical (unpaired) electrons. The van der Waals surface area contributed by atoms with Gasteiger partial charge in [0, 0.05) is 31.6 Å². The Morgan fingerprint density at radius 3 is 2.72 bits per heavy atom. The van der Waals surface area contributed by atoms with Crippen LogP contribution in [-0.2, 0) is 6.54 Å². The highest BCUT2D eigenvalue weighted by Crippen LogP contribution is 2.39. The Kier molecular flexibility index (Phi) is 4.40. The largest absolute Gasteiger partial charge is 0.310 e. The van der Waals surface area contributed by atoms with E-state index in [4.69, 9.17) is 5.10 Å². The zero-order valence-corrected chi connectivity index (χ0v) is 12.1. The number of nitrogens with zero attached hydrogens (tertiary/aromatic N) is 3. The van der Waals surface area contributed by atoms with E-state index < -0.39 is 0 Å². The van der Waals surface area contributed by atoms with E-state index in [-0.39, 0.29) is 0 Å². The van der Waals surface area contributed by atoms with Crippen LogP contribution in [0.25, 0.3) is 0 Å². The molecule has 1 aromatic rings. The van der Waals surface area contributed by atoms with Crippen molar-refractivity contribution in [2.45, 2.75) is 45.2 Å². The molecule has 0 amide bonds. The fourth-order valence-corrected chi connectivity index (χ4v) is 2.13. The summed E-state index contributed by atoms with van der Waals surface area (Å²) in [5.74, 6) is 0.741. The average Bonchev–Trinajstić information content (AvgIpc) is 3.05. The van der Waals surface area contributed by atoms with Crippen molar-refractivity contribution in [1.82, 2.24) is 20.0 Å². The summed E-state index contributed by atoms with van der Waals surface area (Å²) in [4.78, 5) is 2.20. The van der Waals surface area contributed by atoms with Gasteiger partial charge in [-0.2, -0.15) is 5.10 Å². The Morgan fingerprint density at radius 1 is 1.44 bits per heavy atom. The predicted molar refractivity (Wildman–Crippen MR) is 74.8 cm³/mol. The minimum Gasteiger partial charge on any atom is -0.310 e. The van der Waals surface area contributed by atoms with Crippen molar-refractivity contribution < 1.29 is 0 Å². The van der Waals surface area contributed by atoms with Crippen molar-refractivity contribution in [3.8, 4) is 0 Å². The molecule has 1 aliphatic rings. The maximum absolute atomic E-state index is 4.75. The summed E-state index contributed by atoms with van der Waals surface area (Å²) in [5, 5.41) is 8.25. The number of aromatic nitrogens is 2. The molecule has 1 aromatic heterocycles. The van der Waals surface area contributed by atoms with Gasteiger partial charge in [0.1, 0.15) is 0 Å². The summed E-state index contributed by atoms with van der Waals surface area (Å²) in [7, 11) is 4.20. The van der Waals surface area contributed by atoms with Crippen LogP contribution in [0.2, 0.25) is 0 Å². The van der Waals surface area contributed by atoms with Crippen molar-refractivity contribution in [1.29, 1.82) is 0 Å². The fraction of sp³-hybridized carbons (Fsp3) is 0.786. The fourth-order valence-electron chi connectivity index (χ4n) is 2.13. The van der Waals surface area contributed by atoms with E-state index in [1.54, 1.807) is 0 Å². The second-order valence-corrected chi connectivity index (χ2v) is 5.85. The Balaban J connectivity index is 1.92. The maximum atomic E-state index is 4.75. The zero-order valence-electron chi connectivity index (χ0n) is 12.1. The van der Waals surface area contributed by atoms with E-state index in [0.29, 0.717) is 6.04 Å². The number of likely N-dealkylation sites (N-methyl/N-ethyl adjacent to an activating group) is 1. The molecule has 0 spiro atoms. The van der Waals surface area contributed by atoms with Gasteiger partial charge in [-0.15, -0.1) is 0 Å². The van der Waals surface area contributed by atoms with Gasteiger partial charge in [0.15, 0.2) is 0 Å². The Bertz CT molecular complexity index is 377. The molecule has 0 aromatic carbocycles. The second kappa shape index (κ2) is 5.85. The van der Waals surface area contributed by atoms with Crippen LogP contribution >= 0.6 is 0 Å².